The van der Waals surface area contributed by atoms with E-state index in [0.29, 0.717) is 0 Å². The summed E-state index contributed by atoms with van der Waals surface area (Å²) < 4.78 is 1.22. The van der Waals surface area contributed by atoms with Crippen molar-refractivity contribution in [2.45, 2.75) is 0 Å². The zero-order valence-electron chi connectivity index (χ0n) is 3.48. The SMILES string of the molecule is [S-][n+]1cccnn1. The molecule has 1 aromatic rings. The molecule has 7 heavy (non-hydrogen) atoms. The van der Waals surface area contributed by atoms with Crippen LogP contribution in [0.15, 0.2) is 18.5 Å². The van der Waals surface area contributed by atoms with Gasteiger partial charge in [-0.3, -0.25) is 0 Å². The summed E-state index contributed by atoms with van der Waals surface area (Å²) >= 11 is 4.56. The molecular formula is C3H3N3S. The van der Waals surface area contributed by atoms with Gasteiger partial charge in [-0.15, -0.1) is 0 Å². The summed E-state index contributed by atoms with van der Waals surface area (Å²) in [4.78, 5) is 0. The minimum absolute atomic E-state index is 1.22. The molecule has 0 aliphatic carbocycles. The maximum absolute atomic E-state index is 4.56. The zero-order valence-corrected chi connectivity index (χ0v) is 4.30. The van der Waals surface area contributed by atoms with Crippen LogP contribution >= 0.6 is 0 Å². The molecule has 4 heteroatoms. The van der Waals surface area contributed by atoms with E-state index < -0.39 is 0 Å². The summed E-state index contributed by atoms with van der Waals surface area (Å²) in [6.07, 6.45) is 3.21. The largest absolute Gasteiger partial charge is 0.527 e. The smallest absolute Gasteiger partial charge is 0.171 e. The molecule has 3 nitrogen and oxygen atoms in total. The van der Waals surface area contributed by atoms with Gasteiger partial charge in [0.15, 0.2) is 6.20 Å². The molecule has 0 amide bonds. The quantitative estimate of drug-likeness (QED) is 0.322. The van der Waals surface area contributed by atoms with Crippen LogP contribution in [0.2, 0.25) is 0 Å². The van der Waals surface area contributed by atoms with Gasteiger partial charge < -0.3 is 12.8 Å². The van der Waals surface area contributed by atoms with Gasteiger partial charge in [-0.05, 0) is 0 Å². The van der Waals surface area contributed by atoms with Crippen LogP contribution in [0.1, 0.15) is 0 Å². The Balaban J connectivity index is 3.02. The molecule has 0 N–H and O–H groups in total. The first-order valence-corrected chi connectivity index (χ1v) is 2.13. The van der Waals surface area contributed by atoms with E-state index in [9.17, 15) is 0 Å². The lowest BCUT2D eigenvalue weighted by Crippen LogP contribution is -2.30. The van der Waals surface area contributed by atoms with Crippen molar-refractivity contribution in [1.29, 1.82) is 0 Å². The maximum atomic E-state index is 4.56. The molecule has 1 aromatic heterocycles. The highest BCUT2D eigenvalue weighted by atomic mass is 32.1. The normalized spacial score (nSPS) is 8.57. The molecule has 0 bridgehead atoms. The average molecular weight is 113 g/mol. The fourth-order valence-electron chi connectivity index (χ4n) is 0.261. The lowest BCUT2D eigenvalue weighted by atomic mass is 10.7. The van der Waals surface area contributed by atoms with E-state index >= 15 is 0 Å². The van der Waals surface area contributed by atoms with Gasteiger partial charge in [0.1, 0.15) is 5.21 Å². The van der Waals surface area contributed by atoms with Crippen LogP contribution in [-0.2, 0) is 12.8 Å². The van der Waals surface area contributed by atoms with Gasteiger partial charge in [-0.1, -0.05) is 0 Å². The molecule has 0 spiro atoms. The first kappa shape index (κ1) is 4.39. The highest BCUT2D eigenvalue weighted by Gasteiger charge is 1.75. The third-order valence-electron chi connectivity index (χ3n) is 0.506. The third kappa shape index (κ3) is 1.04. The second kappa shape index (κ2) is 1.79. The van der Waals surface area contributed by atoms with Crippen molar-refractivity contribution in [3.63, 3.8) is 0 Å². The monoisotopic (exact) mass is 113 g/mol. The highest BCUT2D eigenvalue weighted by Crippen LogP contribution is 1.60. The first-order chi connectivity index (χ1) is 3.39. The van der Waals surface area contributed by atoms with E-state index in [1.54, 1.807) is 18.5 Å². The third-order valence-corrected chi connectivity index (χ3v) is 0.701. The minimum Gasteiger partial charge on any atom is -0.527 e. The van der Waals surface area contributed by atoms with Crippen molar-refractivity contribution >= 4 is 12.8 Å². The summed E-state index contributed by atoms with van der Waals surface area (Å²) in [5.74, 6) is 0. The van der Waals surface area contributed by atoms with Crippen LogP contribution in [0, 0.1) is 0 Å². The molecule has 0 aliphatic rings. The molecule has 0 aromatic carbocycles. The standard InChI is InChI=1S/C3H3N3S/c7-6-3-1-2-4-5-6/h1-3H. The molecule has 0 saturated heterocycles. The fourth-order valence-corrected chi connectivity index (χ4v) is 0.374. The Kier molecular flexibility index (Phi) is 1.12. The first-order valence-electron chi connectivity index (χ1n) is 1.77. The molecule has 0 atom stereocenters. The van der Waals surface area contributed by atoms with Crippen molar-refractivity contribution in [2.24, 2.45) is 0 Å². The molecule has 0 radical (unpaired) electrons. The van der Waals surface area contributed by atoms with E-state index in [0.717, 1.165) is 0 Å². The lowest BCUT2D eigenvalue weighted by molar-refractivity contribution is -0.570. The molecular weight excluding hydrogens is 110 g/mol. The molecule has 0 fully saturated rings. The van der Waals surface area contributed by atoms with Crippen molar-refractivity contribution in [2.75, 3.05) is 0 Å². The summed E-state index contributed by atoms with van der Waals surface area (Å²) in [6.45, 7) is 0. The van der Waals surface area contributed by atoms with Gasteiger partial charge in [-0.2, -0.15) is 0 Å². The summed E-state index contributed by atoms with van der Waals surface area (Å²) in [5, 5.41) is 6.95. The van der Waals surface area contributed by atoms with Crippen molar-refractivity contribution in [3.8, 4) is 0 Å². The van der Waals surface area contributed by atoms with E-state index in [2.05, 4.69) is 23.1 Å². The second-order valence-corrected chi connectivity index (χ2v) is 1.37. The van der Waals surface area contributed by atoms with Crippen molar-refractivity contribution in [3.05, 3.63) is 18.5 Å². The molecule has 1 rings (SSSR count). The molecule has 0 aliphatic heterocycles. The van der Waals surface area contributed by atoms with Gasteiger partial charge in [0, 0.05) is 6.07 Å². The second-order valence-electron chi connectivity index (χ2n) is 0.998. The average Bonchev–Trinajstić information content (AvgIpc) is 1.69. The Morgan fingerprint density at radius 1 is 1.57 bits per heavy atom. The predicted molar refractivity (Wildman–Crippen MR) is 25.0 cm³/mol. The van der Waals surface area contributed by atoms with Crippen molar-refractivity contribution < 1.29 is 4.09 Å². The Morgan fingerprint density at radius 3 is 2.71 bits per heavy atom. The van der Waals surface area contributed by atoms with Crippen LogP contribution in [-0.4, -0.2) is 10.3 Å². The van der Waals surface area contributed by atoms with Crippen LogP contribution in [0.3, 0.4) is 0 Å². The van der Waals surface area contributed by atoms with Gasteiger partial charge >= 0.3 is 0 Å². The van der Waals surface area contributed by atoms with Crippen molar-refractivity contribution in [1.82, 2.24) is 10.3 Å². The van der Waals surface area contributed by atoms with Crippen LogP contribution in [0.4, 0.5) is 0 Å². The number of hydrogen-bond donors (Lipinski definition) is 0. The van der Waals surface area contributed by atoms with Crippen LogP contribution < -0.4 is 4.09 Å². The predicted octanol–water partition coefficient (Wildman–Crippen LogP) is -0.926. The minimum atomic E-state index is 1.22. The molecule has 36 valence electrons. The molecule has 0 unspecified atom stereocenters. The highest BCUT2D eigenvalue weighted by molar-refractivity contribution is 7.50. The van der Waals surface area contributed by atoms with E-state index in [-0.39, 0.29) is 0 Å². The van der Waals surface area contributed by atoms with E-state index in [1.165, 1.54) is 4.09 Å². The van der Waals surface area contributed by atoms with Gasteiger partial charge in [-0.25, -0.2) is 4.09 Å². The van der Waals surface area contributed by atoms with Crippen LogP contribution in [0.25, 0.3) is 0 Å². The van der Waals surface area contributed by atoms with E-state index in [1.807, 2.05) is 0 Å². The lowest BCUT2D eigenvalue weighted by Gasteiger charge is -1.88. The topological polar surface area (TPSA) is 29.7 Å². The maximum Gasteiger partial charge on any atom is 0.171 e. The Hall–Kier alpha value is -0.770. The number of hydrogen-bond acceptors (Lipinski definition) is 3. The number of nitrogens with zero attached hydrogens (tertiary/aromatic N) is 3. The zero-order chi connectivity index (χ0) is 5.11. The summed E-state index contributed by atoms with van der Waals surface area (Å²) in [5.41, 5.74) is 0. The van der Waals surface area contributed by atoms with E-state index in [4.69, 9.17) is 0 Å². The van der Waals surface area contributed by atoms with Gasteiger partial charge in [0.05, 0.1) is 11.3 Å². The number of aromatic nitrogens is 3. The fraction of sp³-hybridized carbons (Fsp3) is 0. The summed E-state index contributed by atoms with van der Waals surface area (Å²) in [7, 11) is 0. The van der Waals surface area contributed by atoms with Gasteiger partial charge in [0.2, 0.25) is 0 Å². The molecule has 1 heterocycles. The van der Waals surface area contributed by atoms with Gasteiger partial charge in [0.25, 0.3) is 0 Å². The Bertz CT molecular complexity index is 140. The Labute approximate surface area is 46.5 Å². The molecule has 0 saturated carbocycles. The Morgan fingerprint density at radius 2 is 2.43 bits per heavy atom. The van der Waals surface area contributed by atoms with Crippen LogP contribution in [0.5, 0.6) is 0 Å². The summed E-state index contributed by atoms with van der Waals surface area (Å²) in [6, 6.07) is 1.72. The number of rotatable bonds is 0.